The predicted molar refractivity (Wildman–Crippen MR) is 73.7 cm³/mol. The Labute approximate surface area is 113 Å². The molecule has 0 amide bonds. The number of hydrogen-bond acceptors (Lipinski definition) is 5. The number of aromatic nitrogens is 1. The third kappa shape index (κ3) is 4.30. The van der Waals surface area contributed by atoms with Gasteiger partial charge < -0.3 is 9.64 Å². The zero-order valence-electron chi connectivity index (χ0n) is 11.4. The molecule has 0 aliphatic rings. The fourth-order valence-electron chi connectivity index (χ4n) is 1.53. The van der Waals surface area contributed by atoms with E-state index in [9.17, 15) is 5.26 Å². The molecule has 1 aromatic rings. The lowest BCUT2D eigenvalue weighted by Gasteiger charge is -2.11. The van der Waals surface area contributed by atoms with E-state index in [1.807, 2.05) is 27.1 Å². The van der Waals surface area contributed by atoms with Crippen molar-refractivity contribution in [3.05, 3.63) is 22.9 Å². The highest BCUT2D eigenvalue weighted by molar-refractivity contribution is 7.99. The molecule has 18 heavy (non-hydrogen) atoms. The Morgan fingerprint density at radius 2 is 2.22 bits per heavy atom. The van der Waals surface area contributed by atoms with E-state index in [2.05, 4.69) is 16.0 Å². The number of hydrogen-bond donors (Lipinski definition) is 0. The Hall–Kier alpha value is -1.09. The molecule has 98 valence electrons. The summed E-state index contributed by atoms with van der Waals surface area (Å²) < 4.78 is 5.13. The first kappa shape index (κ1) is 15.0. The van der Waals surface area contributed by atoms with Crippen LogP contribution in [-0.4, -0.2) is 43.4 Å². The first-order valence-electron chi connectivity index (χ1n) is 5.75. The van der Waals surface area contributed by atoms with Crippen molar-refractivity contribution in [2.75, 3.05) is 33.5 Å². The molecule has 0 saturated heterocycles. The molecule has 0 bridgehead atoms. The summed E-state index contributed by atoms with van der Waals surface area (Å²) in [6.07, 6.45) is 0. The molecular weight excluding hydrogens is 246 g/mol. The van der Waals surface area contributed by atoms with Crippen LogP contribution in [0.4, 0.5) is 0 Å². The molecule has 5 heteroatoms. The molecule has 1 heterocycles. The van der Waals surface area contributed by atoms with E-state index in [4.69, 9.17) is 4.74 Å². The molecule has 0 N–H and O–H groups in total. The standard InChI is InChI=1S/C13H19N3OS/c1-10-7-11(9-17-4)12(8-14)13(15-10)18-6-5-16(2)3/h7H,5-6,9H2,1-4H3. The second-order valence-electron chi connectivity index (χ2n) is 4.30. The zero-order chi connectivity index (χ0) is 13.5. The van der Waals surface area contributed by atoms with Gasteiger partial charge in [-0.25, -0.2) is 4.98 Å². The number of aryl methyl sites for hydroxylation is 1. The molecule has 0 fully saturated rings. The van der Waals surface area contributed by atoms with E-state index in [0.717, 1.165) is 28.6 Å². The molecule has 0 aliphatic carbocycles. The van der Waals surface area contributed by atoms with Crippen molar-refractivity contribution in [2.24, 2.45) is 0 Å². The van der Waals surface area contributed by atoms with Crippen LogP contribution >= 0.6 is 11.8 Å². The van der Waals surface area contributed by atoms with Crippen LogP contribution in [0.3, 0.4) is 0 Å². The van der Waals surface area contributed by atoms with E-state index >= 15 is 0 Å². The van der Waals surface area contributed by atoms with Gasteiger partial charge in [0, 0.05) is 25.1 Å². The minimum Gasteiger partial charge on any atom is -0.380 e. The minimum absolute atomic E-state index is 0.452. The van der Waals surface area contributed by atoms with Crippen LogP contribution in [0.5, 0.6) is 0 Å². The maximum atomic E-state index is 9.26. The van der Waals surface area contributed by atoms with Crippen molar-refractivity contribution < 1.29 is 4.74 Å². The maximum Gasteiger partial charge on any atom is 0.114 e. The molecule has 1 aromatic heterocycles. The Morgan fingerprint density at radius 3 is 2.78 bits per heavy atom. The summed E-state index contributed by atoms with van der Waals surface area (Å²) in [5, 5.41) is 10.1. The lowest BCUT2D eigenvalue weighted by atomic mass is 10.1. The monoisotopic (exact) mass is 265 g/mol. The van der Waals surface area contributed by atoms with Crippen molar-refractivity contribution in [3.63, 3.8) is 0 Å². The SMILES string of the molecule is COCc1cc(C)nc(SCCN(C)C)c1C#N. The average molecular weight is 265 g/mol. The van der Waals surface area contributed by atoms with E-state index in [0.29, 0.717) is 12.2 Å². The van der Waals surface area contributed by atoms with Gasteiger partial charge >= 0.3 is 0 Å². The van der Waals surface area contributed by atoms with Crippen LogP contribution in [-0.2, 0) is 11.3 Å². The summed E-state index contributed by atoms with van der Waals surface area (Å²) in [5.41, 5.74) is 2.49. The Kier molecular flexibility index (Phi) is 6.13. The smallest absolute Gasteiger partial charge is 0.114 e. The van der Waals surface area contributed by atoms with Gasteiger partial charge in [-0.2, -0.15) is 5.26 Å². The number of ether oxygens (including phenoxy) is 1. The van der Waals surface area contributed by atoms with Crippen molar-refractivity contribution in [3.8, 4) is 6.07 Å². The number of nitriles is 1. The Balaban J connectivity index is 2.92. The summed E-state index contributed by atoms with van der Waals surface area (Å²) in [5.74, 6) is 0.921. The highest BCUT2D eigenvalue weighted by Crippen LogP contribution is 2.24. The number of pyridine rings is 1. The summed E-state index contributed by atoms with van der Waals surface area (Å²) >= 11 is 1.62. The van der Waals surface area contributed by atoms with E-state index in [-0.39, 0.29) is 0 Å². The number of thioether (sulfide) groups is 1. The third-order valence-electron chi connectivity index (χ3n) is 2.38. The van der Waals surface area contributed by atoms with Crippen LogP contribution in [0.15, 0.2) is 11.1 Å². The van der Waals surface area contributed by atoms with Crippen LogP contribution in [0.1, 0.15) is 16.8 Å². The molecule has 0 atom stereocenters. The van der Waals surface area contributed by atoms with Gasteiger partial charge in [0.25, 0.3) is 0 Å². The lowest BCUT2D eigenvalue weighted by Crippen LogP contribution is -2.15. The van der Waals surface area contributed by atoms with Gasteiger partial charge in [-0.3, -0.25) is 0 Å². The fourth-order valence-corrected chi connectivity index (χ4v) is 2.71. The molecule has 0 unspecified atom stereocenters. The second kappa shape index (κ2) is 7.37. The van der Waals surface area contributed by atoms with E-state index < -0.39 is 0 Å². The van der Waals surface area contributed by atoms with E-state index in [1.54, 1.807) is 18.9 Å². The highest BCUT2D eigenvalue weighted by atomic mass is 32.2. The fraction of sp³-hybridized carbons (Fsp3) is 0.538. The Bertz CT molecular complexity index is 441. The van der Waals surface area contributed by atoms with Crippen molar-refractivity contribution in [1.29, 1.82) is 5.26 Å². The number of rotatable bonds is 6. The minimum atomic E-state index is 0.452. The van der Waals surface area contributed by atoms with Gasteiger partial charge in [-0.15, -0.1) is 11.8 Å². The van der Waals surface area contributed by atoms with Crippen LogP contribution in [0, 0.1) is 18.3 Å². The average Bonchev–Trinajstić information content (AvgIpc) is 2.28. The molecule has 4 nitrogen and oxygen atoms in total. The van der Waals surface area contributed by atoms with Crippen LogP contribution < -0.4 is 0 Å². The lowest BCUT2D eigenvalue weighted by molar-refractivity contribution is 0.184. The van der Waals surface area contributed by atoms with Gasteiger partial charge in [0.15, 0.2) is 0 Å². The van der Waals surface area contributed by atoms with Gasteiger partial charge in [-0.05, 0) is 32.6 Å². The van der Waals surface area contributed by atoms with Crippen molar-refractivity contribution in [2.45, 2.75) is 18.6 Å². The molecule has 0 spiro atoms. The predicted octanol–water partition coefficient (Wildman–Crippen LogP) is 2.06. The van der Waals surface area contributed by atoms with Gasteiger partial charge in [-0.1, -0.05) is 0 Å². The van der Waals surface area contributed by atoms with E-state index in [1.165, 1.54) is 0 Å². The number of methoxy groups -OCH3 is 1. The molecule has 0 aromatic carbocycles. The largest absolute Gasteiger partial charge is 0.380 e. The van der Waals surface area contributed by atoms with Crippen molar-refractivity contribution in [1.82, 2.24) is 9.88 Å². The van der Waals surface area contributed by atoms with Gasteiger partial charge in [0.05, 0.1) is 12.2 Å². The third-order valence-corrected chi connectivity index (χ3v) is 3.34. The second-order valence-corrected chi connectivity index (χ2v) is 5.38. The van der Waals surface area contributed by atoms with Crippen molar-refractivity contribution >= 4 is 11.8 Å². The van der Waals surface area contributed by atoms with Crippen LogP contribution in [0.2, 0.25) is 0 Å². The quantitative estimate of drug-likeness (QED) is 0.737. The number of nitrogens with zero attached hydrogens (tertiary/aromatic N) is 3. The summed E-state index contributed by atoms with van der Waals surface area (Å²) in [7, 11) is 5.70. The zero-order valence-corrected chi connectivity index (χ0v) is 12.2. The van der Waals surface area contributed by atoms with Crippen LogP contribution in [0.25, 0.3) is 0 Å². The van der Waals surface area contributed by atoms with Gasteiger partial charge in [0.1, 0.15) is 11.1 Å². The Morgan fingerprint density at radius 1 is 1.50 bits per heavy atom. The first-order valence-corrected chi connectivity index (χ1v) is 6.74. The summed E-state index contributed by atoms with van der Waals surface area (Å²) in [6, 6.07) is 4.15. The first-order chi connectivity index (χ1) is 8.58. The summed E-state index contributed by atoms with van der Waals surface area (Å²) in [4.78, 5) is 6.57. The normalized spacial score (nSPS) is 10.7. The maximum absolute atomic E-state index is 9.26. The molecule has 1 rings (SSSR count). The topological polar surface area (TPSA) is 49.1 Å². The molecular formula is C13H19N3OS. The van der Waals surface area contributed by atoms with Gasteiger partial charge in [0.2, 0.25) is 0 Å². The molecule has 0 radical (unpaired) electrons. The highest BCUT2D eigenvalue weighted by Gasteiger charge is 2.11. The molecule has 0 aliphatic heterocycles. The molecule has 0 saturated carbocycles. The summed E-state index contributed by atoms with van der Waals surface area (Å²) in [6.45, 7) is 3.36.